The van der Waals surface area contributed by atoms with Gasteiger partial charge >= 0.3 is 0 Å². The van der Waals surface area contributed by atoms with Crippen LogP contribution in [0.2, 0.25) is 0 Å². The van der Waals surface area contributed by atoms with Gasteiger partial charge in [0.25, 0.3) is 5.91 Å². The van der Waals surface area contributed by atoms with Crippen molar-refractivity contribution in [1.29, 1.82) is 0 Å². The van der Waals surface area contributed by atoms with Crippen molar-refractivity contribution in [3.63, 3.8) is 0 Å². The molecule has 1 aromatic carbocycles. The lowest BCUT2D eigenvalue weighted by Crippen LogP contribution is -2.55. The number of nitrogens with zero attached hydrogens (tertiary/aromatic N) is 1. The number of ether oxygens (including phenoxy) is 2. The predicted molar refractivity (Wildman–Crippen MR) is 103 cm³/mol. The summed E-state index contributed by atoms with van der Waals surface area (Å²) in [5.74, 6) is 1.09. The zero-order valence-corrected chi connectivity index (χ0v) is 16.5. The monoisotopic (exact) mass is 380 g/mol. The molecule has 0 spiro atoms. The Kier molecular flexibility index (Phi) is 8.25. The van der Waals surface area contributed by atoms with Crippen LogP contribution in [0.25, 0.3) is 0 Å². The number of hydrogen-bond acceptors (Lipinski definition) is 5. The summed E-state index contributed by atoms with van der Waals surface area (Å²) in [5.41, 5.74) is 0. The SMILES string of the molecule is CSCC[C@H](NC(=O)COc1ccccc1)C(=O)N1C[C@@H](C)O[C@@H](C)C1. The average molecular weight is 381 g/mol. The van der Waals surface area contributed by atoms with Gasteiger partial charge in [-0.3, -0.25) is 9.59 Å². The topological polar surface area (TPSA) is 67.9 Å². The molecule has 0 aliphatic carbocycles. The first kappa shape index (κ1) is 20.6. The van der Waals surface area contributed by atoms with Crippen LogP contribution >= 0.6 is 11.8 Å². The fourth-order valence-corrected chi connectivity index (χ4v) is 3.44. The van der Waals surface area contributed by atoms with Crippen molar-refractivity contribution >= 4 is 23.6 Å². The number of rotatable bonds is 8. The van der Waals surface area contributed by atoms with E-state index in [1.165, 1.54) is 0 Å². The summed E-state index contributed by atoms with van der Waals surface area (Å²) >= 11 is 1.65. The van der Waals surface area contributed by atoms with Crippen LogP contribution in [-0.2, 0) is 14.3 Å². The van der Waals surface area contributed by atoms with Crippen LogP contribution in [0.3, 0.4) is 0 Å². The number of morpholine rings is 1. The van der Waals surface area contributed by atoms with Crippen LogP contribution in [0.15, 0.2) is 30.3 Å². The third-order valence-electron chi connectivity index (χ3n) is 4.09. The van der Waals surface area contributed by atoms with Gasteiger partial charge in [0.15, 0.2) is 6.61 Å². The number of nitrogens with one attached hydrogen (secondary N) is 1. The molecule has 1 N–H and O–H groups in total. The van der Waals surface area contributed by atoms with Crippen molar-refractivity contribution < 1.29 is 19.1 Å². The molecule has 3 atom stereocenters. The zero-order valence-electron chi connectivity index (χ0n) is 15.6. The highest BCUT2D eigenvalue weighted by molar-refractivity contribution is 7.98. The van der Waals surface area contributed by atoms with E-state index in [1.807, 2.05) is 38.3 Å². The standard InChI is InChI=1S/C19H28N2O4S/c1-14-11-21(12-15(2)25-14)19(23)17(9-10-26-3)20-18(22)13-24-16-7-5-4-6-8-16/h4-8,14-15,17H,9-13H2,1-3H3,(H,20,22)/t14-,15+,17-/m0/s1. The largest absolute Gasteiger partial charge is 0.484 e. The minimum atomic E-state index is -0.535. The Bertz CT molecular complexity index is 574. The van der Waals surface area contributed by atoms with Gasteiger partial charge in [-0.15, -0.1) is 0 Å². The molecular weight excluding hydrogens is 352 g/mol. The van der Waals surface area contributed by atoms with E-state index in [-0.39, 0.29) is 30.6 Å². The summed E-state index contributed by atoms with van der Waals surface area (Å²) in [5, 5.41) is 2.84. The van der Waals surface area contributed by atoms with E-state index in [1.54, 1.807) is 28.8 Å². The van der Waals surface area contributed by atoms with E-state index in [9.17, 15) is 9.59 Å². The minimum absolute atomic E-state index is 0.000940. The molecule has 7 heteroatoms. The summed E-state index contributed by atoms with van der Waals surface area (Å²) in [6.07, 6.45) is 2.58. The Hall–Kier alpha value is -1.73. The van der Waals surface area contributed by atoms with Crippen molar-refractivity contribution in [2.24, 2.45) is 0 Å². The van der Waals surface area contributed by atoms with E-state index in [4.69, 9.17) is 9.47 Å². The summed E-state index contributed by atoms with van der Waals surface area (Å²) in [6.45, 7) is 4.91. The lowest BCUT2D eigenvalue weighted by Gasteiger charge is -2.37. The molecule has 1 aliphatic rings. The lowest BCUT2D eigenvalue weighted by atomic mass is 10.1. The average Bonchev–Trinajstić information content (AvgIpc) is 2.63. The molecule has 0 saturated carbocycles. The molecule has 0 bridgehead atoms. The highest BCUT2D eigenvalue weighted by atomic mass is 32.2. The zero-order chi connectivity index (χ0) is 18.9. The van der Waals surface area contributed by atoms with Crippen molar-refractivity contribution in [2.75, 3.05) is 31.7 Å². The Morgan fingerprint density at radius 1 is 1.27 bits per heavy atom. The number of carbonyl (C=O) groups is 2. The molecule has 2 amide bonds. The third-order valence-corrected chi connectivity index (χ3v) is 4.73. The molecule has 1 aliphatic heterocycles. The van der Waals surface area contributed by atoms with E-state index >= 15 is 0 Å². The Labute approximate surface area is 159 Å². The maximum Gasteiger partial charge on any atom is 0.258 e. The minimum Gasteiger partial charge on any atom is -0.484 e. The number of thioether (sulfide) groups is 1. The van der Waals surface area contributed by atoms with Crippen molar-refractivity contribution in [3.05, 3.63) is 30.3 Å². The summed E-state index contributed by atoms with van der Waals surface area (Å²) < 4.78 is 11.2. The van der Waals surface area contributed by atoms with Gasteiger partial charge in [0.2, 0.25) is 5.91 Å². The Morgan fingerprint density at radius 3 is 2.54 bits per heavy atom. The molecule has 2 rings (SSSR count). The van der Waals surface area contributed by atoms with Crippen LogP contribution < -0.4 is 10.1 Å². The Morgan fingerprint density at radius 2 is 1.92 bits per heavy atom. The van der Waals surface area contributed by atoms with Gasteiger partial charge in [-0.05, 0) is 44.4 Å². The second-order valence-electron chi connectivity index (χ2n) is 6.50. The number of para-hydroxylation sites is 1. The predicted octanol–water partition coefficient (Wildman–Crippen LogP) is 1.94. The molecule has 0 unspecified atom stereocenters. The number of hydrogen-bond donors (Lipinski definition) is 1. The molecule has 1 fully saturated rings. The van der Waals surface area contributed by atoms with Gasteiger partial charge in [-0.2, -0.15) is 11.8 Å². The fraction of sp³-hybridized carbons (Fsp3) is 0.579. The van der Waals surface area contributed by atoms with E-state index in [2.05, 4.69) is 5.32 Å². The molecule has 1 saturated heterocycles. The van der Waals surface area contributed by atoms with Crippen LogP contribution in [-0.4, -0.2) is 66.7 Å². The fourth-order valence-electron chi connectivity index (χ4n) is 2.97. The Balaban J connectivity index is 1.92. The van der Waals surface area contributed by atoms with Crippen molar-refractivity contribution in [2.45, 2.75) is 38.5 Å². The molecule has 0 radical (unpaired) electrons. The maximum atomic E-state index is 12.9. The van der Waals surface area contributed by atoms with E-state index in [0.717, 1.165) is 5.75 Å². The second kappa shape index (κ2) is 10.4. The van der Waals surface area contributed by atoms with Crippen LogP contribution in [0.4, 0.5) is 0 Å². The number of benzene rings is 1. The lowest BCUT2D eigenvalue weighted by molar-refractivity contribution is -0.147. The van der Waals surface area contributed by atoms with Crippen molar-refractivity contribution in [1.82, 2.24) is 10.2 Å². The first-order valence-corrected chi connectivity index (χ1v) is 10.3. The second-order valence-corrected chi connectivity index (χ2v) is 7.49. The number of carbonyl (C=O) groups excluding carboxylic acids is 2. The van der Waals surface area contributed by atoms with Gasteiger partial charge in [-0.25, -0.2) is 0 Å². The summed E-state index contributed by atoms with van der Waals surface area (Å²) in [6, 6.07) is 8.62. The molecule has 1 aromatic rings. The van der Waals surface area contributed by atoms with Gasteiger partial charge in [0.1, 0.15) is 11.8 Å². The van der Waals surface area contributed by atoms with Crippen LogP contribution in [0, 0.1) is 0 Å². The highest BCUT2D eigenvalue weighted by Crippen LogP contribution is 2.14. The molecular formula is C19H28N2O4S. The van der Waals surface area contributed by atoms with E-state index < -0.39 is 6.04 Å². The molecule has 144 valence electrons. The summed E-state index contributed by atoms with van der Waals surface area (Å²) in [4.78, 5) is 27.0. The quantitative estimate of drug-likeness (QED) is 0.747. The van der Waals surface area contributed by atoms with E-state index in [0.29, 0.717) is 25.3 Å². The van der Waals surface area contributed by atoms with Gasteiger partial charge in [0.05, 0.1) is 12.2 Å². The highest BCUT2D eigenvalue weighted by Gasteiger charge is 2.31. The molecule has 0 aromatic heterocycles. The first-order valence-electron chi connectivity index (χ1n) is 8.90. The molecule has 6 nitrogen and oxygen atoms in total. The molecule has 26 heavy (non-hydrogen) atoms. The van der Waals surface area contributed by atoms with Crippen molar-refractivity contribution in [3.8, 4) is 5.75 Å². The van der Waals surface area contributed by atoms with Gasteiger partial charge in [0, 0.05) is 13.1 Å². The third kappa shape index (κ3) is 6.53. The molecule has 1 heterocycles. The van der Waals surface area contributed by atoms with Crippen LogP contribution in [0.1, 0.15) is 20.3 Å². The van der Waals surface area contributed by atoms with Gasteiger partial charge in [-0.1, -0.05) is 18.2 Å². The first-order chi connectivity index (χ1) is 12.5. The van der Waals surface area contributed by atoms with Gasteiger partial charge < -0.3 is 19.7 Å². The normalized spacial score (nSPS) is 21.1. The van der Waals surface area contributed by atoms with Crippen LogP contribution in [0.5, 0.6) is 5.75 Å². The smallest absolute Gasteiger partial charge is 0.258 e. The summed E-state index contributed by atoms with van der Waals surface area (Å²) in [7, 11) is 0. The number of amides is 2. The maximum absolute atomic E-state index is 12.9.